The summed E-state index contributed by atoms with van der Waals surface area (Å²) in [6.07, 6.45) is 4.37. The molecule has 23 heavy (non-hydrogen) atoms. The van der Waals surface area contributed by atoms with E-state index in [4.69, 9.17) is 9.47 Å². The fourth-order valence-corrected chi connectivity index (χ4v) is 5.46. The van der Waals surface area contributed by atoms with Crippen LogP contribution in [0.4, 0.5) is 0 Å². The van der Waals surface area contributed by atoms with Crippen LogP contribution in [-0.2, 0) is 16.1 Å². The molecule has 0 radical (unpaired) electrons. The summed E-state index contributed by atoms with van der Waals surface area (Å²) in [5, 5.41) is 0. The number of rotatable bonds is 4. The lowest BCUT2D eigenvalue weighted by molar-refractivity contribution is -0.107. The molecular formula is C20H30O2S. The van der Waals surface area contributed by atoms with Crippen molar-refractivity contribution in [3.63, 3.8) is 0 Å². The van der Waals surface area contributed by atoms with E-state index in [1.165, 1.54) is 24.8 Å². The van der Waals surface area contributed by atoms with E-state index in [-0.39, 0.29) is 16.3 Å². The van der Waals surface area contributed by atoms with Crippen LogP contribution in [0.25, 0.3) is 0 Å². The molecule has 2 fully saturated rings. The van der Waals surface area contributed by atoms with Crippen LogP contribution in [0.5, 0.6) is 0 Å². The first-order chi connectivity index (χ1) is 11.0. The van der Waals surface area contributed by atoms with Gasteiger partial charge in [-0.1, -0.05) is 57.5 Å². The van der Waals surface area contributed by atoms with Crippen molar-refractivity contribution >= 4 is 11.8 Å². The van der Waals surface area contributed by atoms with Gasteiger partial charge in [-0.15, -0.1) is 11.8 Å². The summed E-state index contributed by atoms with van der Waals surface area (Å²) < 4.78 is 12.9. The highest BCUT2D eigenvalue weighted by Crippen LogP contribution is 2.51. The van der Waals surface area contributed by atoms with Crippen molar-refractivity contribution in [2.24, 2.45) is 11.8 Å². The van der Waals surface area contributed by atoms with Crippen LogP contribution in [-0.4, -0.2) is 22.4 Å². The van der Waals surface area contributed by atoms with Gasteiger partial charge in [-0.2, -0.15) is 0 Å². The van der Waals surface area contributed by atoms with Crippen LogP contribution >= 0.6 is 11.8 Å². The van der Waals surface area contributed by atoms with Gasteiger partial charge in [0.2, 0.25) is 0 Å². The number of benzene rings is 1. The van der Waals surface area contributed by atoms with E-state index in [2.05, 4.69) is 52.0 Å². The minimum atomic E-state index is 0.109. The molecule has 3 heteroatoms. The smallest absolute Gasteiger partial charge is 0.130 e. The number of thioether (sulfide) groups is 1. The Kier molecular flexibility index (Phi) is 5.39. The Labute approximate surface area is 145 Å². The summed E-state index contributed by atoms with van der Waals surface area (Å²) in [7, 11) is 0. The maximum absolute atomic E-state index is 6.48. The zero-order chi connectivity index (χ0) is 16.4. The van der Waals surface area contributed by atoms with Crippen LogP contribution in [0.1, 0.15) is 52.5 Å². The zero-order valence-electron chi connectivity index (χ0n) is 14.8. The Balaban J connectivity index is 1.61. The summed E-state index contributed by atoms with van der Waals surface area (Å²) in [5.41, 5.74) is 1.36. The number of hydrogen-bond acceptors (Lipinski definition) is 3. The van der Waals surface area contributed by atoms with Gasteiger partial charge < -0.3 is 9.47 Å². The monoisotopic (exact) mass is 334 g/mol. The summed E-state index contributed by atoms with van der Waals surface area (Å²) >= 11 is 1.97. The second-order valence-corrected chi connectivity index (χ2v) is 9.54. The molecule has 0 bridgehead atoms. The summed E-state index contributed by atoms with van der Waals surface area (Å²) in [5.74, 6) is 1.47. The van der Waals surface area contributed by atoms with Gasteiger partial charge in [0.1, 0.15) is 5.44 Å². The Morgan fingerprint density at radius 1 is 1.26 bits per heavy atom. The zero-order valence-corrected chi connectivity index (χ0v) is 15.6. The second-order valence-electron chi connectivity index (χ2n) is 7.79. The van der Waals surface area contributed by atoms with Crippen molar-refractivity contribution in [1.82, 2.24) is 0 Å². The third kappa shape index (κ3) is 4.12. The number of hydrogen-bond donors (Lipinski definition) is 0. The van der Waals surface area contributed by atoms with Crippen LogP contribution < -0.4 is 0 Å². The Morgan fingerprint density at radius 3 is 2.74 bits per heavy atom. The van der Waals surface area contributed by atoms with Crippen LogP contribution in [0.3, 0.4) is 0 Å². The molecule has 3 rings (SSSR count). The van der Waals surface area contributed by atoms with E-state index >= 15 is 0 Å². The molecular weight excluding hydrogens is 304 g/mol. The van der Waals surface area contributed by atoms with Gasteiger partial charge >= 0.3 is 0 Å². The lowest BCUT2D eigenvalue weighted by atomic mass is 9.75. The molecule has 1 saturated heterocycles. The van der Waals surface area contributed by atoms with Crippen LogP contribution in [0, 0.1) is 11.8 Å². The summed E-state index contributed by atoms with van der Waals surface area (Å²) in [4.78, 5) is 0. The number of fused-ring (bicyclic) bond motifs is 1. The molecule has 0 amide bonds. The van der Waals surface area contributed by atoms with Crippen molar-refractivity contribution in [3.05, 3.63) is 35.9 Å². The fraction of sp³-hybridized carbons (Fsp3) is 0.700. The summed E-state index contributed by atoms with van der Waals surface area (Å²) in [6, 6.07) is 10.4. The molecule has 5 atom stereocenters. The van der Waals surface area contributed by atoms with Gasteiger partial charge in [0, 0.05) is 4.75 Å². The van der Waals surface area contributed by atoms with Gasteiger partial charge in [-0.25, -0.2) is 0 Å². The fourth-order valence-electron chi connectivity index (χ4n) is 3.95. The first-order valence-corrected chi connectivity index (χ1v) is 9.82. The highest BCUT2D eigenvalue weighted by Gasteiger charge is 2.47. The number of ether oxygens (including phenoxy) is 2. The van der Waals surface area contributed by atoms with Gasteiger partial charge in [0.05, 0.1) is 18.8 Å². The van der Waals surface area contributed by atoms with E-state index in [0.717, 1.165) is 5.92 Å². The summed E-state index contributed by atoms with van der Waals surface area (Å²) in [6.45, 7) is 9.96. The van der Waals surface area contributed by atoms with Crippen LogP contribution in [0.2, 0.25) is 0 Å². The first kappa shape index (κ1) is 17.3. The standard InChI is InChI=1S/C20H30O2S/c1-14-10-11-17-18(12-14)22-19(23-20(17,3)4)15(2)21-13-16-8-6-5-7-9-16/h5-9,14-15,17-19H,10-13H2,1-4H3/t14-,15+,17-,18-,19-/m1/s1. The lowest BCUT2D eigenvalue weighted by Gasteiger charge is -2.51. The first-order valence-electron chi connectivity index (χ1n) is 8.94. The average molecular weight is 335 g/mol. The average Bonchev–Trinajstić information content (AvgIpc) is 2.52. The molecule has 1 heterocycles. The van der Waals surface area contributed by atoms with Crippen molar-refractivity contribution < 1.29 is 9.47 Å². The van der Waals surface area contributed by atoms with Gasteiger partial charge in [-0.3, -0.25) is 0 Å². The topological polar surface area (TPSA) is 18.5 Å². The maximum atomic E-state index is 6.48. The Morgan fingerprint density at radius 2 is 2.00 bits per heavy atom. The maximum Gasteiger partial charge on any atom is 0.130 e. The van der Waals surface area contributed by atoms with E-state index < -0.39 is 0 Å². The molecule has 128 valence electrons. The highest BCUT2D eigenvalue weighted by atomic mass is 32.2. The van der Waals surface area contributed by atoms with Crippen LogP contribution in [0.15, 0.2) is 30.3 Å². The molecule has 0 aromatic heterocycles. The Bertz CT molecular complexity index is 502. The SMILES string of the molecule is C[C@@H]1CC[C@@H]2[C@@H](C1)O[C@@H]([C@H](C)OCc1ccccc1)SC2(C)C. The third-order valence-electron chi connectivity index (χ3n) is 5.41. The van der Waals surface area contributed by atoms with Crippen molar-refractivity contribution in [3.8, 4) is 0 Å². The molecule has 2 aliphatic rings. The van der Waals surface area contributed by atoms with E-state index in [0.29, 0.717) is 18.6 Å². The van der Waals surface area contributed by atoms with Crippen molar-refractivity contribution in [2.45, 2.75) is 76.0 Å². The molecule has 1 aromatic rings. The minimum absolute atomic E-state index is 0.109. The second kappa shape index (κ2) is 7.16. The van der Waals surface area contributed by atoms with E-state index in [1.807, 2.05) is 17.8 Å². The molecule has 2 nitrogen and oxygen atoms in total. The molecule has 1 aromatic carbocycles. The van der Waals surface area contributed by atoms with Gasteiger partial charge in [-0.05, 0) is 37.2 Å². The normalized spacial score (nSPS) is 34.6. The highest BCUT2D eigenvalue weighted by molar-refractivity contribution is 8.01. The minimum Gasteiger partial charge on any atom is -0.370 e. The molecule has 1 saturated carbocycles. The molecule has 0 unspecified atom stereocenters. The lowest BCUT2D eigenvalue weighted by Crippen LogP contribution is -2.51. The van der Waals surface area contributed by atoms with E-state index in [9.17, 15) is 0 Å². The molecule has 0 N–H and O–H groups in total. The van der Waals surface area contributed by atoms with Crippen molar-refractivity contribution in [1.29, 1.82) is 0 Å². The largest absolute Gasteiger partial charge is 0.370 e. The van der Waals surface area contributed by atoms with Gasteiger partial charge in [0.15, 0.2) is 0 Å². The van der Waals surface area contributed by atoms with Gasteiger partial charge in [0.25, 0.3) is 0 Å². The van der Waals surface area contributed by atoms with E-state index in [1.54, 1.807) is 0 Å². The predicted octanol–water partition coefficient (Wildman–Crippen LogP) is 5.26. The van der Waals surface area contributed by atoms with Crippen molar-refractivity contribution in [2.75, 3.05) is 0 Å². The third-order valence-corrected chi connectivity index (χ3v) is 7.05. The molecule has 0 spiro atoms. The quantitative estimate of drug-likeness (QED) is 0.748. The molecule has 1 aliphatic carbocycles. The Hall–Kier alpha value is -0.510. The predicted molar refractivity (Wildman–Crippen MR) is 97.5 cm³/mol. The molecule has 1 aliphatic heterocycles.